The fraction of sp³-hybridized carbons (Fsp3) is 0.692. The summed E-state index contributed by atoms with van der Waals surface area (Å²) in [6, 6.07) is 4.39. The van der Waals surface area contributed by atoms with Gasteiger partial charge in [0.2, 0.25) is 0 Å². The SMILES string of the molecule is CC1=CC[C@@H]2[C@@H](C1)c1c(O)cc(C3CC4CCC3(C)C4(C)C)cc1OC2(C)C. The summed E-state index contributed by atoms with van der Waals surface area (Å²) in [5, 5.41) is 11.2. The summed E-state index contributed by atoms with van der Waals surface area (Å²) >= 11 is 0. The minimum absolute atomic E-state index is 0.197. The number of hydrogen-bond donors (Lipinski definition) is 1. The molecule has 4 aliphatic rings. The molecule has 2 bridgehead atoms. The van der Waals surface area contributed by atoms with Crippen molar-refractivity contribution in [1.82, 2.24) is 0 Å². The summed E-state index contributed by atoms with van der Waals surface area (Å²) in [7, 11) is 0. The number of allylic oxidation sites excluding steroid dienone is 2. The first kappa shape index (κ1) is 18.6. The van der Waals surface area contributed by atoms with E-state index in [0.717, 1.165) is 30.1 Å². The lowest BCUT2D eigenvalue weighted by Gasteiger charge is -2.47. The number of ether oxygens (including phenoxy) is 1. The Labute approximate surface area is 170 Å². The first-order valence-electron chi connectivity index (χ1n) is 11.3. The lowest BCUT2D eigenvalue weighted by molar-refractivity contribution is 0.00737. The van der Waals surface area contributed by atoms with Gasteiger partial charge in [0.15, 0.2) is 0 Å². The van der Waals surface area contributed by atoms with Crippen molar-refractivity contribution in [2.75, 3.05) is 0 Å². The van der Waals surface area contributed by atoms with Crippen LogP contribution in [0.4, 0.5) is 0 Å². The molecule has 1 heterocycles. The molecule has 152 valence electrons. The normalized spacial score (nSPS) is 39.7. The zero-order valence-electron chi connectivity index (χ0n) is 18.4. The van der Waals surface area contributed by atoms with E-state index in [-0.39, 0.29) is 5.60 Å². The van der Waals surface area contributed by atoms with Crippen molar-refractivity contribution < 1.29 is 9.84 Å². The fourth-order valence-corrected chi connectivity index (χ4v) is 7.49. The highest BCUT2D eigenvalue weighted by Gasteiger charge is 2.61. The van der Waals surface area contributed by atoms with Crippen LogP contribution in [0, 0.1) is 22.7 Å². The molecular weight excluding hydrogens is 344 g/mol. The van der Waals surface area contributed by atoms with Gasteiger partial charge in [0.05, 0.1) is 0 Å². The number of fused-ring (bicyclic) bond motifs is 5. The third-order valence-corrected chi connectivity index (χ3v) is 9.72. The molecule has 3 aliphatic carbocycles. The molecule has 3 unspecified atom stereocenters. The quantitative estimate of drug-likeness (QED) is 0.535. The van der Waals surface area contributed by atoms with E-state index in [4.69, 9.17) is 4.74 Å². The minimum atomic E-state index is -0.197. The standard InChI is InChI=1S/C26H36O2/c1-15-7-8-19-18(11-15)23-21(27)12-16(13-22(23)28-25(19,4)5)20-14-17-9-10-26(20,6)24(17,2)3/h7,12-13,17-20,27H,8-11,14H2,1-6H3/t17?,18-,19-,20?,26?/m1/s1. The summed E-state index contributed by atoms with van der Waals surface area (Å²) < 4.78 is 6.58. The van der Waals surface area contributed by atoms with Crippen molar-refractivity contribution in [3.8, 4) is 11.5 Å². The minimum Gasteiger partial charge on any atom is -0.508 e. The summed E-state index contributed by atoms with van der Waals surface area (Å²) in [6.45, 7) is 14.1. The number of aromatic hydroxyl groups is 1. The second kappa shape index (κ2) is 5.58. The Morgan fingerprint density at radius 2 is 1.86 bits per heavy atom. The van der Waals surface area contributed by atoms with E-state index in [1.54, 1.807) is 0 Å². The maximum atomic E-state index is 11.2. The van der Waals surface area contributed by atoms with Gasteiger partial charge in [0.1, 0.15) is 17.1 Å². The topological polar surface area (TPSA) is 29.5 Å². The van der Waals surface area contributed by atoms with Crippen molar-refractivity contribution in [3.63, 3.8) is 0 Å². The van der Waals surface area contributed by atoms with Crippen LogP contribution in [0.2, 0.25) is 0 Å². The summed E-state index contributed by atoms with van der Waals surface area (Å²) in [5.74, 6) is 3.53. The van der Waals surface area contributed by atoms with Gasteiger partial charge in [-0.05, 0) is 93.2 Å². The van der Waals surface area contributed by atoms with E-state index in [2.05, 4.69) is 59.8 Å². The molecule has 1 aromatic rings. The van der Waals surface area contributed by atoms with Gasteiger partial charge in [-0.25, -0.2) is 0 Å². The molecule has 0 saturated heterocycles. The van der Waals surface area contributed by atoms with Crippen LogP contribution in [0.5, 0.6) is 11.5 Å². The second-order valence-electron chi connectivity index (χ2n) is 11.5. The van der Waals surface area contributed by atoms with Crippen molar-refractivity contribution >= 4 is 0 Å². The molecule has 0 radical (unpaired) electrons. The van der Waals surface area contributed by atoms with Crippen LogP contribution >= 0.6 is 0 Å². The van der Waals surface area contributed by atoms with Crippen LogP contribution in [-0.4, -0.2) is 10.7 Å². The predicted molar refractivity (Wildman–Crippen MR) is 114 cm³/mol. The lowest BCUT2D eigenvalue weighted by atomic mass is 9.64. The zero-order valence-corrected chi connectivity index (χ0v) is 18.4. The van der Waals surface area contributed by atoms with Gasteiger partial charge in [-0.2, -0.15) is 0 Å². The van der Waals surface area contributed by atoms with E-state index < -0.39 is 0 Å². The molecule has 5 rings (SSSR count). The van der Waals surface area contributed by atoms with Crippen molar-refractivity contribution in [1.29, 1.82) is 0 Å². The van der Waals surface area contributed by atoms with Crippen molar-refractivity contribution in [3.05, 3.63) is 34.9 Å². The van der Waals surface area contributed by atoms with Crippen molar-refractivity contribution in [2.45, 2.75) is 91.1 Å². The molecule has 28 heavy (non-hydrogen) atoms. The Hall–Kier alpha value is -1.44. The van der Waals surface area contributed by atoms with E-state index in [9.17, 15) is 5.11 Å². The average molecular weight is 381 g/mol. The van der Waals surface area contributed by atoms with E-state index >= 15 is 0 Å². The molecule has 0 aromatic heterocycles. The second-order valence-corrected chi connectivity index (χ2v) is 11.5. The molecule has 2 heteroatoms. The molecule has 0 amide bonds. The highest BCUT2D eigenvalue weighted by molar-refractivity contribution is 5.54. The predicted octanol–water partition coefficient (Wildman–Crippen LogP) is 6.93. The Morgan fingerprint density at radius 3 is 2.50 bits per heavy atom. The van der Waals surface area contributed by atoms with Crippen LogP contribution in [-0.2, 0) is 0 Å². The first-order valence-corrected chi connectivity index (χ1v) is 11.3. The Bertz CT molecular complexity index is 861. The molecule has 2 saturated carbocycles. The number of hydrogen-bond acceptors (Lipinski definition) is 2. The molecule has 1 aromatic carbocycles. The van der Waals surface area contributed by atoms with E-state index in [1.807, 2.05) is 0 Å². The smallest absolute Gasteiger partial charge is 0.127 e. The third-order valence-electron chi connectivity index (χ3n) is 9.72. The maximum absolute atomic E-state index is 11.2. The summed E-state index contributed by atoms with van der Waals surface area (Å²) in [5.41, 5.74) is 4.29. The summed E-state index contributed by atoms with van der Waals surface area (Å²) in [6.07, 6.45) is 8.35. The Morgan fingerprint density at radius 1 is 1.11 bits per heavy atom. The number of rotatable bonds is 1. The number of benzene rings is 1. The van der Waals surface area contributed by atoms with Crippen LogP contribution in [0.1, 0.15) is 96.6 Å². The van der Waals surface area contributed by atoms with E-state index in [1.165, 1.54) is 30.4 Å². The third kappa shape index (κ3) is 2.27. The van der Waals surface area contributed by atoms with E-state index in [0.29, 0.717) is 34.3 Å². The summed E-state index contributed by atoms with van der Waals surface area (Å²) in [4.78, 5) is 0. The average Bonchev–Trinajstić information content (AvgIpc) is 2.93. The highest BCUT2D eigenvalue weighted by Crippen LogP contribution is 2.71. The van der Waals surface area contributed by atoms with Crippen LogP contribution in [0.3, 0.4) is 0 Å². The van der Waals surface area contributed by atoms with Crippen LogP contribution < -0.4 is 4.74 Å². The van der Waals surface area contributed by atoms with Gasteiger partial charge >= 0.3 is 0 Å². The molecule has 1 N–H and O–H groups in total. The van der Waals surface area contributed by atoms with Gasteiger partial charge in [0.25, 0.3) is 0 Å². The number of phenolic OH excluding ortho intramolecular Hbond substituents is 1. The molecular formula is C26H36O2. The van der Waals surface area contributed by atoms with Gasteiger partial charge in [-0.3, -0.25) is 0 Å². The van der Waals surface area contributed by atoms with Gasteiger partial charge < -0.3 is 9.84 Å². The van der Waals surface area contributed by atoms with Gasteiger partial charge in [0, 0.05) is 17.4 Å². The largest absolute Gasteiger partial charge is 0.508 e. The Balaban J connectivity index is 1.59. The van der Waals surface area contributed by atoms with Crippen LogP contribution in [0.15, 0.2) is 23.8 Å². The monoisotopic (exact) mass is 380 g/mol. The van der Waals surface area contributed by atoms with Crippen molar-refractivity contribution in [2.24, 2.45) is 22.7 Å². The van der Waals surface area contributed by atoms with Crippen LogP contribution in [0.25, 0.3) is 0 Å². The molecule has 1 aliphatic heterocycles. The molecule has 2 fully saturated rings. The van der Waals surface area contributed by atoms with Gasteiger partial charge in [-0.15, -0.1) is 0 Å². The first-order chi connectivity index (χ1) is 13.0. The fourth-order valence-electron chi connectivity index (χ4n) is 7.49. The Kier molecular flexibility index (Phi) is 3.70. The van der Waals surface area contributed by atoms with Gasteiger partial charge in [-0.1, -0.05) is 32.4 Å². The molecule has 5 atom stereocenters. The highest BCUT2D eigenvalue weighted by atomic mass is 16.5. The zero-order chi connectivity index (χ0) is 20.1. The lowest BCUT2D eigenvalue weighted by Crippen LogP contribution is -2.45. The molecule has 2 nitrogen and oxygen atoms in total. The maximum Gasteiger partial charge on any atom is 0.127 e. The number of phenols is 1. The molecule has 0 spiro atoms.